The van der Waals surface area contributed by atoms with Gasteiger partial charge < -0.3 is 5.73 Å². The normalized spacial score (nSPS) is 11.3. The third kappa shape index (κ3) is 3.15. The molecule has 5 heteroatoms. The van der Waals surface area contributed by atoms with E-state index in [4.69, 9.17) is 22.6 Å². The molecule has 0 aliphatic carbocycles. The number of rotatable bonds is 2. The van der Waals surface area contributed by atoms with Crippen LogP contribution in [0.15, 0.2) is 18.2 Å². The van der Waals surface area contributed by atoms with Crippen LogP contribution in [0.5, 0.6) is 0 Å². The third-order valence-corrected chi connectivity index (χ3v) is 2.01. The van der Waals surface area contributed by atoms with Gasteiger partial charge in [-0.25, -0.2) is 4.39 Å². The monoisotopic (exact) mass is 234 g/mol. The molecule has 1 atom stereocenters. The van der Waals surface area contributed by atoms with Crippen molar-refractivity contribution in [2.45, 2.75) is 12.5 Å². The van der Waals surface area contributed by atoms with Crippen LogP contribution in [0.4, 0.5) is 4.39 Å². The Morgan fingerprint density at radius 3 is 2.79 bits per heavy atom. The quantitative estimate of drug-likeness (QED) is 0.856. The summed E-state index contributed by atoms with van der Waals surface area (Å²) >= 11 is 5.77. The zero-order chi connectivity index (χ0) is 9.84. The molecule has 0 saturated carbocycles. The molecule has 0 aromatic heterocycles. The van der Waals surface area contributed by atoms with Crippen LogP contribution in [0.25, 0.3) is 0 Å². The van der Waals surface area contributed by atoms with E-state index >= 15 is 0 Å². The molecule has 0 aliphatic heterocycles. The summed E-state index contributed by atoms with van der Waals surface area (Å²) < 4.78 is 12.8. The molecule has 0 bridgehead atoms. The van der Waals surface area contributed by atoms with Crippen molar-refractivity contribution >= 4 is 24.0 Å². The summed E-state index contributed by atoms with van der Waals surface area (Å²) in [5.74, 6) is -0.396. The van der Waals surface area contributed by atoms with E-state index in [1.54, 1.807) is 0 Å². The Balaban J connectivity index is 0.00000169. The molecule has 1 aromatic carbocycles. The van der Waals surface area contributed by atoms with Gasteiger partial charge in [-0.2, -0.15) is 5.26 Å². The van der Waals surface area contributed by atoms with E-state index in [0.29, 0.717) is 10.6 Å². The van der Waals surface area contributed by atoms with Gasteiger partial charge in [0.2, 0.25) is 0 Å². The van der Waals surface area contributed by atoms with Crippen LogP contribution in [0.3, 0.4) is 0 Å². The summed E-state index contributed by atoms with van der Waals surface area (Å²) in [7, 11) is 0. The van der Waals surface area contributed by atoms with Crippen molar-refractivity contribution in [3.05, 3.63) is 34.6 Å². The van der Waals surface area contributed by atoms with E-state index in [1.807, 2.05) is 6.07 Å². The number of hydrogen-bond donors (Lipinski definition) is 1. The van der Waals surface area contributed by atoms with Crippen LogP contribution < -0.4 is 5.73 Å². The van der Waals surface area contributed by atoms with E-state index in [0.717, 1.165) is 0 Å². The molecule has 0 unspecified atom stereocenters. The number of nitrogens with zero attached hydrogens (tertiary/aromatic N) is 1. The fourth-order valence-electron chi connectivity index (χ4n) is 1.01. The van der Waals surface area contributed by atoms with Crippen molar-refractivity contribution in [3.63, 3.8) is 0 Å². The average Bonchev–Trinajstić information content (AvgIpc) is 2.09. The summed E-state index contributed by atoms with van der Waals surface area (Å²) in [6, 6.07) is 5.33. The van der Waals surface area contributed by atoms with Crippen molar-refractivity contribution in [2.75, 3.05) is 0 Å². The molecule has 1 rings (SSSR count). The summed E-state index contributed by atoms with van der Waals surface area (Å²) in [5.41, 5.74) is 6.08. The van der Waals surface area contributed by atoms with Crippen molar-refractivity contribution in [3.8, 4) is 6.07 Å². The minimum atomic E-state index is -0.520. The topological polar surface area (TPSA) is 49.8 Å². The van der Waals surface area contributed by atoms with E-state index in [2.05, 4.69) is 0 Å². The number of hydrogen-bond acceptors (Lipinski definition) is 2. The number of halogens is 3. The number of benzene rings is 1. The van der Waals surface area contributed by atoms with Crippen LogP contribution in [0.1, 0.15) is 18.0 Å². The summed E-state index contributed by atoms with van der Waals surface area (Å²) in [5, 5.41) is 8.78. The number of nitriles is 1. The smallest absolute Gasteiger partial charge is 0.123 e. The zero-order valence-electron chi connectivity index (χ0n) is 7.21. The van der Waals surface area contributed by atoms with Gasteiger partial charge >= 0.3 is 0 Å². The van der Waals surface area contributed by atoms with E-state index in [-0.39, 0.29) is 18.8 Å². The first kappa shape index (κ1) is 13.2. The fraction of sp³-hybridized carbons (Fsp3) is 0.222. The molecule has 0 fully saturated rings. The van der Waals surface area contributed by atoms with Gasteiger partial charge in [-0.05, 0) is 23.8 Å². The first-order valence-corrected chi connectivity index (χ1v) is 4.10. The SMILES string of the molecule is Cl.N#CC[C@H](N)c1cc(F)ccc1Cl. The second-order valence-corrected chi connectivity index (χ2v) is 3.04. The Bertz CT molecular complexity index is 349. The summed E-state index contributed by atoms with van der Waals surface area (Å²) in [4.78, 5) is 0. The fourth-order valence-corrected chi connectivity index (χ4v) is 1.26. The second-order valence-electron chi connectivity index (χ2n) is 2.63. The van der Waals surface area contributed by atoms with Gasteiger partial charge in [-0.3, -0.25) is 0 Å². The minimum Gasteiger partial charge on any atom is -0.323 e. The molecular weight excluding hydrogens is 226 g/mol. The third-order valence-electron chi connectivity index (χ3n) is 1.67. The molecule has 14 heavy (non-hydrogen) atoms. The molecule has 0 saturated heterocycles. The molecular formula is C9H9Cl2FN2. The average molecular weight is 235 g/mol. The standard InChI is InChI=1S/C9H8ClFN2.ClH/c10-8-2-1-6(11)5-7(8)9(13)3-4-12;/h1-2,5,9H,3,13H2;1H/t9-;/m0./s1. The molecule has 2 nitrogen and oxygen atoms in total. The maximum absolute atomic E-state index is 12.8. The molecule has 0 amide bonds. The minimum absolute atomic E-state index is 0. The summed E-state index contributed by atoms with van der Waals surface area (Å²) in [6.45, 7) is 0. The predicted molar refractivity (Wildman–Crippen MR) is 55.8 cm³/mol. The van der Waals surface area contributed by atoms with Gasteiger partial charge in [0.1, 0.15) is 5.82 Å². The Kier molecular flexibility index (Phi) is 5.47. The van der Waals surface area contributed by atoms with Crippen molar-refractivity contribution in [2.24, 2.45) is 5.73 Å². The lowest BCUT2D eigenvalue weighted by atomic mass is 10.1. The Labute approximate surface area is 92.9 Å². The van der Waals surface area contributed by atoms with Crippen molar-refractivity contribution in [1.82, 2.24) is 0 Å². The van der Waals surface area contributed by atoms with Gasteiger partial charge in [0, 0.05) is 11.1 Å². The van der Waals surface area contributed by atoms with Crippen molar-refractivity contribution < 1.29 is 4.39 Å². The Hall–Kier alpha value is -0.820. The molecule has 0 spiro atoms. The molecule has 0 aliphatic rings. The highest BCUT2D eigenvalue weighted by Crippen LogP contribution is 2.23. The van der Waals surface area contributed by atoms with E-state index in [1.165, 1.54) is 18.2 Å². The van der Waals surface area contributed by atoms with Gasteiger partial charge in [0.05, 0.1) is 12.5 Å². The van der Waals surface area contributed by atoms with Crippen molar-refractivity contribution in [1.29, 1.82) is 5.26 Å². The highest BCUT2D eigenvalue weighted by Gasteiger charge is 2.10. The molecule has 1 aromatic rings. The van der Waals surface area contributed by atoms with Gasteiger partial charge in [0.25, 0.3) is 0 Å². The molecule has 0 radical (unpaired) electrons. The van der Waals surface area contributed by atoms with Crippen LogP contribution in [0.2, 0.25) is 5.02 Å². The Morgan fingerprint density at radius 2 is 2.21 bits per heavy atom. The lowest BCUT2D eigenvalue weighted by Crippen LogP contribution is -2.10. The molecule has 76 valence electrons. The number of nitrogens with two attached hydrogens (primary N) is 1. The largest absolute Gasteiger partial charge is 0.323 e. The maximum atomic E-state index is 12.8. The van der Waals surface area contributed by atoms with Crippen LogP contribution in [-0.4, -0.2) is 0 Å². The van der Waals surface area contributed by atoms with Gasteiger partial charge in [-0.1, -0.05) is 11.6 Å². The predicted octanol–water partition coefficient (Wildman–Crippen LogP) is 2.81. The lowest BCUT2D eigenvalue weighted by Gasteiger charge is -2.09. The van der Waals surface area contributed by atoms with Crippen LogP contribution >= 0.6 is 24.0 Å². The van der Waals surface area contributed by atoms with Crippen LogP contribution in [0, 0.1) is 17.1 Å². The molecule has 0 heterocycles. The molecule has 2 N–H and O–H groups in total. The van der Waals surface area contributed by atoms with E-state index in [9.17, 15) is 4.39 Å². The Morgan fingerprint density at radius 1 is 1.57 bits per heavy atom. The highest BCUT2D eigenvalue weighted by atomic mass is 35.5. The van der Waals surface area contributed by atoms with Crippen LogP contribution in [-0.2, 0) is 0 Å². The maximum Gasteiger partial charge on any atom is 0.123 e. The van der Waals surface area contributed by atoms with E-state index < -0.39 is 11.9 Å². The van der Waals surface area contributed by atoms with Gasteiger partial charge in [-0.15, -0.1) is 12.4 Å². The highest BCUT2D eigenvalue weighted by molar-refractivity contribution is 6.31. The lowest BCUT2D eigenvalue weighted by molar-refractivity contribution is 0.620. The zero-order valence-corrected chi connectivity index (χ0v) is 8.78. The second kappa shape index (κ2) is 5.82. The van der Waals surface area contributed by atoms with Gasteiger partial charge in [0.15, 0.2) is 0 Å². The first-order valence-electron chi connectivity index (χ1n) is 3.72. The summed E-state index contributed by atoms with van der Waals surface area (Å²) in [6.07, 6.45) is 0.128. The first-order chi connectivity index (χ1) is 6.15.